The molecule has 1 aromatic rings. The molecule has 0 spiro atoms. The normalized spacial score (nSPS) is 16.8. The van der Waals surface area contributed by atoms with Gasteiger partial charge in [0.1, 0.15) is 0 Å². The molecule has 0 aliphatic heterocycles. The van der Waals surface area contributed by atoms with E-state index >= 15 is 0 Å². The number of hydrogen-bond donors (Lipinski definition) is 0. The summed E-state index contributed by atoms with van der Waals surface area (Å²) >= 11 is 1.49. The van der Waals surface area contributed by atoms with Crippen LogP contribution in [0.15, 0.2) is 17.5 Å². The molecule has 0 radical (unpaired) electrons. The SMILES string of the molecule is CC(C)N(CCC1(C(=O)Oc2cccs2)CCCC1)C(C)C.Cl. The van der Waals surface area contributed by atoms with Crippen LogP contribution in [-0.2, 0) is 4.79 Å². The summed E-state index contributed by atoms with van der Waals surface area (Å²) in [6.07, 6.45) is 5.14. The topological polar surface area (TPSA) is 29.5 Å². The lowest BCUT2D eigenvalue weighted by atomic mass is 9.82. The molecule has 23 heavy (non-hydrogen) atoms. The Bertz CT molecular complexity index is 459. The van der Waals surface area contributed by atoms with Gasteiger partial charge in [0.25, 0.3) is 0 Å². The van der Waals surface area contributed by atoms with Crippen LogP contribution >= 0.6 is 23.7 Å². The van der Waals surface area contributed by atoms with Crippen LogP contribution in [0.1, 0.15) is 59.8 Å². The molecule has 1 fully saturated rings. The van der Waals surface area contributed by atoms with Gasteiger partial charge in [-0.15, -0.1) is 23.7 Å². The molecular formula is C18H30ClNO2S. The number of esters is 1. The van der Waals surface area contributed by atoms with Gasteiger partial charge < -0.3 is 4.74 Å². The van der Waals surface area contributed by atoms with E-state index in [0.717, 1.165) is 43.7 Å². The van der Waals surface area contributed by atoms with Crippen molar-refractivity contribution in [3.8, 4) is 5.06 Å². The van der Waals surface area contributed by atoms with Gasteiger partial charge in [-0.3, -0.25) is 9.69 Å². The minimum absolute atomic E-state index is 0. The largest absolute Gasteiger partial charge is 0.415 e. The average molecular weight is 360 g/mol. The van der Waals surface area contributed by atoms with Crippen molar-refractivity contribution >= 4 is 29.7 Å². The number of carbonyl (C=O) groups is 1. The highest BCUT2D eigenvalue weighted by atomic mass is 35.5. The van der Waals surface area contributed by atoms with Gasteiger partial charge in [-0.05, 0) is 71.0 Å². The molecule has 0 amide bonds. The van der Waals surface area contributed by atoms with Gasteiger partial charge in [0, 0.05) is 12.1 Å². The molecule has 1 heterocycles. The summed E-state index contributed by atoms with van der Waals surface area (Å²) in [4.78, 5) is 15.2. The summed E-state index contributed by atoms with van der Waals surface area (Å²) in [5.41, 5.74) is -0.272. The van der Waals surface area contributed by atoms with Crippen LogP contribution in [0, 0.1) is 5.41 Å². The van der Waals surface area contributed by atoms with Gasteiger partial charge in [-0.2, -0.15) is 0 Å². The Hall–Kier alpha value is -0.580. The van der Waals surface area contributed by atoms with Gasteiger partial charge in [-0.1, -0.05) is 12.8 Å². The van der Waals surface area contributed by atoms with Crippen molar-refractivity contribution < 1.29 is 9.53 Å². The number of halogens is 1. The Morgan fingerprint density at radius 1 is 1.26 bits per heavy atom. The number of carbonyl (C=O) groups excluding carboxylic acids is 1. The Labute approximate surface area is 150 Å². The summed E-state index contributed by atoms with van der Waals surface area (Å²) in [7, 11) is 0. The van der Waals surface area contributed by atoms with Crippen LogP contribution in [0.5, 0.6) is 5.06 Å². The maximum atomic E-state index is 12.8. The summed E-state index contributed by atoms with van der Waals surface area (Å²) in [5, 5.41) is 2.67. The van der Waals surface area contributed by atoms with Crippen molar-refractivity contribution in [3.63, 3.8) is 0 Å². The van der Waals surface area contributed by atoms with Crippen molar-refractivity contribution in [3.05, 3.63) is 17.5 Å². The first-order valence-electron chi connectivity index (χ1n) is 8.46. The molecule has 132 valence electrons. The molecule has 0 aromatic carbocycles. The first-order chi connectivity index (χ1) is 10.4. The Kier molecular flexibility index (Phi) is 8.05. The monoisotopic (exact) mass is 359 g/mol. The highest BCUT2D eigenvalue weighted by molar-refractivity contribution is 7.11. The zero-order chi connectivity index (χ0) is 16.2. The molecule has 0 bridgehead atoms. The summed E-state index contributed by atoms with van der Waals surface area (Å²) < 4.78 is 5.66. The molecule has 1 aliphatic rings. The predicted molar refractivity (Wildman–Crippen MR) is 99.7 cm³/mol. The van der Waals surface area contributed by atoms with Crippen LogP contribution in [-0.4, -0.2) is 29.5 Å². The van der Waals surface area contributed by atoms with E-state index in [9.17, 15) is 4.79 Å². The molecule has 0 saturated heterocycles. The van der Waals surface area contributed by atoms with Crippen LogP contribution in [0.25, 0.3) is 0 Å². The molecule has 0 N–H and O–H groups in total. The molecule has 1 aliphatic carbocycles. The smallest absolute Gasteiger partial charge is 0.318 e. The van der Waals surface area contributed by atoms with Crippen molar-refractivity contribution in [1.29, 1.82) is 0 Å². The molecular weight excluding hydrogens is 330 g/mol. The minimum Gasteiger partial charge on any atom is -0.415 e. The van der Waals surface area contributed by atoms with E-state index in [1.165, 1.54) is 11.3 Å². The fourth-order valence-electron chi connectivity index (χ4n) is 3.58. The second-order valence-corrected chi connectivity index (χ2v) is 7.89. The maximum Gasteiger partial charge on any atom is 0.318 e. The van der Waals surface area contributed by atoms with Crippen LogP contribution < -0.4 is 4.74 Å². The number of rotatable bonds is 7. The van der Waals surface area contributed by atoms with Crippen LogP contribution in [0.3, 0.4) is 0 Å². The average Bonchev–Trinajstić information content (AvgIpc) is 3.09. The second kappa shape index (κ2) is 9.05. The van der Waals surface area contributed by atoms with Gasteiger partial charge in [-0.25, -0.2) is 0 Å². The number of ether oxygens (including phenoxy) is 1. The fraction of sp³-hybridized carbons (Fsp3) is 0.722. The zero-order valence-electron chi connectivity index (χ0n) is 14.7. The summed E-state index contributed by atoms with van der Waals surface area (Å²) in [6.45, 7) is 9.88. The lowest BCUT2D eigenvalue weighted by Crippen LogP contribution is -2.42. The fourth-order valence-corrected chi connectivity index (χ4v) is 4.16. The van der Waals surface area contributed by atoms with E-state index in [4.69, 9.17) is 4.74 Å². The number of nitrogens with zero attached hydrogens (tertiary/aromatic N) is 1. The van der Waals surface area contributed by atoms with Crippen molar-refractivity contribution in [2.24, 2.45) is 5.41 Å². The third-order valence-electron chi connectivity index (χ3n) is 4.86. The van der Waals surface area contributed by atoms with E-state index < -0.39 is 0 Å². The highest BCUT2D eigenvalue weighted by Gasteiger charge is 2.43. The zero-order valence-corrected chi connectivity index (χ0v) is 16.3. The van der Waals surface area contributed by atoms with Crippen LogP contribution in [0.2, 0.25) is 0 Å². The quantitative estimate of drug-likeness (QED) is 0.631. The van der Waals surface area contributed by atoms with E-state index in [1.807, 2.05) is 17.5 Å². The third kappa shape index (κ3) is 5.20. The summed E-state index contributed by atoms with van der Waals surface area (Å²) in [6, 6.07) is 4.81. The second-order valence-electron chi connectivity index (χ2n) is 6.98. The molecule has 1 aromatic heterocycles. The standard InChI is InChI=1S/C18H29NO2S.ClH/c1-14(2)19(15(3)4)12-11-18(9-5-6-10-18)17(20)21-16-8-7-13-22-16;/h7-8,13-15H,5-6,9-12H2,1-4H3;1H. The Morgan fingerprint density at radius 3 is 2.35 bits per heavy atom. The lowest BCUT2D eigenvalue weighted by molar-refractivity contribution is -0.146. The predicted octanol–water partition coefficient (Wildman–Crippen LogP) is 5.14. The number of hydrogen-bond acceptors (Lipinski definition) is 4. The van der Waals surface area contributed by atoms with Crippen LogP contribution in [0.4, 0.5) is 0 Å². The molecule has 0 unspecified atom stereocenters. The number of thiophene rings is 1. The van der Waals surface area contributed by atoms with E-state index in [2.05, 4.69) is 32.6 Å². The molecule has 1 saturated carbocycles. The van der Waals surface area contributed by atoms with E-state index in [1.54, 1.807) is 0 Å². The first-order valence-corrected chi connectivity index (χ1v) is 9.34. The summed E-state index contributed by atoms with van der Waals surface area (Å²) in [5.74, 6) is -0.0140. The molecule has 3 nitrogen and oxygen atoms in total. The lowest BCUT2D eigenvalue weighted by Gasteiger charge is -2.34. The molecule has 2 rings (SSSR count). The van der Waals surface area contributed by atoms with Gasteiger partial charge >= 0.3 is 5.97 Å². The van der Waals surface area contributed by atoms with Gasteiger partial charge in [0.15, 0.2) is 5.06 Å². The Balaban J connectivity index is 0.00000264. The Morgan fingerprint density at radius 2 is 1.87 bits per heavy atom. The highest BCUT2D eigenvalue weighted by Crippen LogP contribution is 2.43. The maximum absolute atomic E-state index is 12.8. The van der Waals surface area contributed by atoms with Crippen molar-refractivity contribution in [2.45, 2.75) is 71.9 Å². The van der Waals surface area contributed by atoms with Crippen molar-refractivity contribution in [2.75, 3.05) is 6.54 Å². The van der Waals surface area contributed by atoms with Crippen molar-refractivity contribution in [1.82, 2.24) is 4.90 Å². The first kappa shape index (κ1) is 20.5. The molecule has 5 heteroatoms. The van der Waals surface area contributed by atoms with Gasteiger partial charge in [0.05, 0.1) is 5.41 Å². The third-order valence-corrected chi connectivity index (χ3v) is 5.60. The van der Waals surface area contributed by atoms with E-state index in [-0.39, 0.29) is 23.8 Å². The molecule has 0 atom stereocenters. The van der Waals surface area contributed by atoms with Gasteiger partial charge in [0.2, 0.25) is 0 Å². The minimum atomic E-state index is -0.272. The van der Waals surface area contributed by atoms with E-state index in [0.29, 0.717) is 12.1 Å².